The zero-order valence-electron chi connectivity index (χ0n) is 13.3. The molecule has 0 bridgehead atoms. The lowest BCUT2D eigenvalue weighted by atomic mass is 10.1. The Labute approximate surface area is 135 Å². The van der Waals surface area contributed by atoms with Gasteiger partial charge in [-0.25, -0.2) is 4.98 Å². The fourth-order valence-electron chi connectivity index (χ4n) is 2.97. The van der Waals surface area contributed by atoms with Crippen LogP contribution in [0.2, 0.25) is 0 Å². The molecule has 0 aliphatic rings. The minimum atomic E-state index is 0.838. The fourth-order valence-corrected chi connectivity index (χ4v) is 2.97. The van der Waals surface area contributed by atoms with Gasteiger partial charge >= 0.3 is 0 Å². The van der Waals surface area contributed by atoms with E-state index in [-0.39, 0.29) is 0 Å². The highest BCUT2D eigenvalue weighted by Crippen LogP contribution is 2.26. The summed E-state index contributed by atoms with van der Waals surface area (Å²) in [6.07, 6.45) is 8.00. The summed E-state index contributed by atoms with van der Waals surface area (Å²) in [5.74, 6) is 0. The van der Waals surface area contributed by atoms with Crippen LogP contribution in [0.5, 0.6) is 0 Å². The van der Waals surface area contributed by atoms with Crippen molar-refractivity contribution >= 4 is 11.0 Å². The van der Waals surface area contributed by atoms with Crippen LogP contribution >= 0.6 is 0 Å². The molecule has 0 unspecified atom stereocenters. The molecular formula is C19H18N4. The highest BCUT2D eigenvalue weighted by atomic mass is 15.2. The minimum absolute atomic E-state index is 0.838. The van der Waals surface area contributed by atoms with Gasteiger partial charge < -0.3 is 4.57 Å². The number of aryl methyl sites for hydroxylation is 2. The maximum absolute atomic E-state index is 4.71. The van der Waals surface area contributed by atoms with Gasteiger partial charge in [0.2, 0.25) is 0 Å². The Morgan fingerprint density at radius 1 is 1.00 bits per heavy atom. The molecule has 0 saturated heterocycles. The van der Waals surface area contributed by atoms with E-state index in [4.69, 9.17) is 4.98 Å². The van der Waals surface area contributed by atoms with E-state index in [2.05, 4.69) is 53.1 Å². The van der Waals surface area contributed by atoms with Gasteiger partial charge in [-0.2, -0.15) is 5.10 Å². The number of hydrogen-bond donors (Lipinski definition) is 0. The van der Waals surface area contributed by atoms with Crippen molar-refractivity contribution < 1.29 is 0 Å². The van der Waals surface area contributed by atoms with Crippen LogP contribution in [0, 0.1) is 6.92 Å². The molecule has 114 valence electrons. The molecule has 0 aliphatic heterocycles. The number of nitrogens with zero attached hydrogens (tertiary/aromatic N) is 4. The first-order chi connectivity index (χ1) is 11.2. The summed E-state index contributed by atoms with van der Waals surface area (Å²) in [4.78, 5) is 4.71. The lowest BCUT2D eigenvalue weighted by Gasteiger charge is -2.05. The molecule has 0 N–H and O–H groups in total. The Balaban J connectivity index is 1.77. The second-order valence-corrected chi connectivity index (χ2v) is 5.92. The molecule has 4 aromatic rings. The first-order valence-corrected chi connectivity index (χ1v) is 7.69. The van der Waals surface area contributed by atoms with Crippen LogP contribution < -0.4 is 0 Å². The molecule has 0 amide bonds. The van der Waals surface area contributed by atoms with Crippen LogP contribution in [0.1, 0.15) is 11.1 Å². The SMILES string of the molecule is Cc1cn(Cc2ccccc2)c2ncc(-c3cnn(C)c3)cc12. The smallest absolute Gasteiger partial charge is 0.140 e. The number of aromatic nitrogens is 4. The van der Waals surface area contributed by atoms with Crippen molar-refractivity contribution in [2.45, 2.75) is 13.5 Å². The molecular weight excluding hydrogens is 284 g/mol. The standard InChI is InChI=1S/C19H18N4/c1-14-11-23(12-15-6-4-3-5-7-15)19-18(14)8-16(9-20-19)17-10-21-22(2)13-17/h3-11,13H,12H2,1-2H3. The molecule has 0 spiro atoms. The minimum Gasteiger partial charge on any atom is -0.328 e. The van der Waals surface area contributed by atoms with Crippen LogP contribution in [-0.2, 0) is 13.6 Å². The molecule has 3 heterocycles. The van der Waals surface area contributed by atoms with E-state index in [9.17, 15) is 0 Å². The van der Waals surface area contributed by atoms with Crippen LogP contribution in [0.4, 0.5) is 0 Å². The van der Waals surface area contributed by atoms with E-state index in [1.807, 2.05) is 36.4 Å². The van der Waals surface area contributed by atoms with Gasteiger partial charge in [0.25, 0.3) is 0 Å². The van der Waals surface area contributed by atoms with Crippen molar-refractivity contribution in [3.63, 3.8) is 0 Å². The van der Waals surface area contributed by atoms with Crippen molar-refractivity contribution in [3.8, 4) is 11.1 Å². The third-order valence-electron chi connectivity index (χ3n) is 4.15. The van der Waals surface area contributed by atoms with Gasteiger partial charge in [-0.3, -0.25) is 4.68 Å². The van der Waals surface area contributed by atoms with Crippen LogP contribution in [0.25, 0.3) is 22.2 Å². The van der Waals surface area contributed by atoms with Crippen LogP contribution in [0.3, 0.4) is 0 Å². The summed E-state index contributed by atoms with van der Waals surface area (Å²) in [5.41, 5.74) is 5.75. The third kappa shape index (κ3) is 2.52. The molecule has 4 heteroatoms. The number of benzene rings is 1. The topological polar surface area (TPSA) is 35.6 Å². The van der Waals surface area contributed by atoms with E-state index >= 15 is 0 Å². The summed E-state index contributed by atoms with van der Waals surface area (Å²) in [5, 5.41) is 5.44. The van der Waals surface area contributed by atoms with Gasteiger partial charge in [-0.1, -0.05) is 30.3 Å². The summed E-state index contributed by atoms with van der Waals surface area (Å²) in [6.45, 7) is 2.98. The monoisotopic (exact) mass is 302 g/mol. The fraction of sp³-hybridized carbons (Fsp3) is 0.158. The van der Waals surface area contributed by atoms with Gasteiger partial charge in [-0.05, 0) is 24.1 Å². The van der Waals surface area contributed by atoms with Gasteiger partial charge in [0, 0.05) is 48.7 Å². The molecule has 0 aliphatic carbocycles. The first-order valence-electron chi connectivity index (χ1n) is 7.69. The van der Waals surface area contributed by atoms with E-state index in [1.54, 1.807) is 0 Å². The Morgan fingerprint density at radius 3 is 2.57 bits per heavy atom. The van der Waals surface area contributed by atoms with E-state index < -0.39 is 0 Å². The molecule has 0 fully saturated rings. The predicted octanol–water partition coefficient (Wildman–Crippen LogP) is 3.79. The van der Waals surface area contributed by atoms with Crippen molar-refractivity contribution in [3.05, 3.63) is 72.3 Å². The van der Waals surface area contributed by atoms with Gasteiger partial charge in [-0.15, -0.1) is 0 Å². The van der Waals surface area contributed by atoms with Gasteiger partial charge in [0.15, 0.2) is 0 Å². The Morgan fingerprint density at radius 2 is 1.83 bits per heavy atom. The number of rotatable bonds is 3. The highest BCUT2D eigenvalue weighted by Gasteiger charge is 2.10. The van der Waals surface area contributed by atoms with Gasteiger partial charge in [0.1, 0.15) is 5.65 Å². The predicted molar refractivity (Wildman–Crippen MR) is 92.2 cm³/mol. The molecule has 4 nitrogen and oxygen atoms in total. The van der Waals surface area contributed by atoms with Crippen LogP contribution in [0.15, 0.2) is 61.2 Å². The largest absolute Gasteiger partial charge is 0.328 e. The maximum Gasteiger partial charge on any atom is 0.140 e. The van der Waals surface area contributed by atoms with Crippen molar-refractivity contribution in [2.75, 3.05) is 0 Å². The highest BCUT2D eigenvalue weighted by molar-refractivity contribution is 5.84. The molecule has 0 saturated carbocycles. The van der Waals surface area contributed by atoms with Crippen molar-refractivity contribution in [1.82, 2.24) is 19.3 Å². The Kier molecular flexibility index (Phi) is 3.23. The zero-order valence-corrected chi connectivity index (χ0v) is 13.3. The van der Waals surface area contributed by atoms with Crippen molar-refractivity contribution in [2.24, 2.45) is 7.05 Å². The molecule has 0 radical (unpaired) electrons. The molecule has 23 heavy (non-hydrogen) atoms. The lowest BCUT2D eigenvalue weighted by molar-refractivity contribution is 0.768. The van der Waals surface area contributed by atoms with Crippen LogP contribution in [-0.4, -0.2) is 19.3 Å². The van der Waals surface area contributed by atoms with Gasteiger partial charge in [0.05, 0.1) is 6.20 Å². The second kappa shape index (κ2) is 5.39. The quantitative estimate of drug-likeness (QED) is 0.577. The molecule has 1 aromatic carbocycles. The number of pyridine rings is 1. The van der Waals surface area contributed by atoms with E-state index in [0.29, 0.717) is 0 Å². The average molecular weight is 302 g/mol. The maximum atomic E-state index is 4.71. The number of hydrogen-bond acceptors (Lipinski definition) is 2. The lowest BCUT2D eigenvalue weighted by Crippen LogP contribution is -1.98. The molecule has 4 rings (SSSR count). The average Bonchev–Trinajstić information content (AvgIpc) is 3.13. The van der Waals surface area contributed by atoms with Crippen molar-refractivity contribution in [1.29, 1.82) is 0 Å². The summed E-state index contributed by atoms with van der Waals surface area (Å²) >= 11 is 0. The summed E-state index contributed by atoms with van der Waals surface area (Å²) in [7, 11) is 1.93. The second-order valence-electron chi connectivity index (χ2n) is 5.92. The van der Waals surface area contributed by atoms with E-state index in [1.165, 1.54) is 16.5 Å². The Bertz CT molecular complexity index is 964. The molecule has 0 atom stereocenters. The zero-order chi connectivity index (χ0) is 15.8. The third-order valence-corrected chi connectivity index (χ3v) is 4.15. The summed E-state index contributed by atoms with van der Waals surface area (Å²) in [6, 6.07) is 12.7. The summed E-state index contributed by atoms with van der Waals surface area (Å²) < 4.78 is 4.03. The normalized spacial score (nSPS) is 11.2. The first kappa shape index (κ1) is 13.8. The number of fused-ring (bicyclic) bond motifs is 1. The van der Waals surface area contributed by atoms with E-state index in [0.717, 1.165) is 23.3 Å². The Hall–Kier alpha value is -2.88. The molecule has 3 aromatic heterocycles.